The summed E-state index contributed by atoms with van der Waals surface area (Å²) in [6.45, 7) is 6.89. The Morgan fingerprint density at radius 1 is 1.32 bits per heavy atom. The molecule has 2 aliphatic heterocycles. The number of aliphatic hydroxyl groups excluding tert-OH is 1. The average molecular weight is 506 g/mol. The number of fused-ring (bicyclic) bond motifs is 1. The fourth-order valence-corrected chi connectivity index (χ4v) is 5.31. The second-order valence-corrected chi connectivity index (χ2v) is 10.3. The van der Waals surface area contributed by atoms with Crippen molar-refractivity contribution < 1.29 is 19.1 Å². The van der Waals surface area contributed by atoms with Crippen LogP contribution in [0.3, 0.4) is 0 Å². The number of likely N-dealkylation sites (tertiary alicyclic amines) is 1. The number of carbonyl (C=O) groups excluding carboxylic acids is 1. The van der Waals surface area contributed by atoms with Crippen molar-refractivity contribution in [1.82, 2.24) is 25.1 Å². The van der Waals surface area contributed by atoms with E-state index in [1.165, 1.54) is 17.5 Å². The number of amides is 1. The summed E-state index contributed by atoms with van der Waals surface area (Å²) < 4.78 is 11.2. The lowest BCUT2D eigenvalue weighted by Gasteiger charge is -2.36. The highest BCUT2D eigenvalue weighted by molar-refractivity contribution is 5.94. The van der Waals surface area contributed by atoms with Crippen molar-refractivity contribution in [2.75, 3.05) is 39.8 Å². The summed E-state index contributed by atoms with van der Waals surface area (Å²) >= 11 is 0. The quantitative estimate of drug-likeness (QED) is 0.432. The minimum absolute atomic E-state index is 0.175. The van der Waals surface area contributed by atoms with E-state index in [2.05, 4.69) is 45.1 Å². The van der Waals surface area contributed by atoms with Crippen molar-refractivity contribution >= 4 is 5.91 Å². The lowest BCUT2D eigenvalue weighted by molar-refractivity contribution is 0.0841. The van der Waals surface area contributed by atoms with Crippen LogP contribution in [0.15, 0.2) is 47.5 Å². The second kappa shape index (κ2) is 11.4. The van der Waals surface area contributed by atoms with Gasteiger partial charge in [-0.1, -0.05) is 6.07 Å². The van der Waals surface area contributed by atoms with Gasteiger partial charge in [0.1, 0.15) is 12.4 Å². The Morgan fingerprint density at radius 3 is 2.97 bits per heavy atom. The summed E-state index contributed by atoms with van der Waals surface area (Å²) in [4.78, 5) is 25.5. The van der Waals surface area contributed by atoms with Gasteiger partial charge in [-0.2, -0.15) is 0 Å². The first-order chi connectivity index (χ1) is 17.9. The van der Waals surface area contributed by atoms with E-state index in [0.29, 0.717) is 30.4 Å². The van der Waals surface area contributed by atoms with Gasteiger partial charge in [0, 0.05) is 56.7 Å². The monoisotopic (exact) mass is 505 g/mol. The molecular formula is C28H35N5O4. The number of nitrogens with zero attached hydrogens (tertiary/aromatic N) is 4. The molecule has 4 heterocycles. The maximum Gasteiger partial charge on any atom is 0.251 e. The number of oxazole rings is 1. The van der Waals surface area contributed by atoms with Gasteiger partial charge in [0.2, 0.25) is 0 Å². The van der Waals surface area contributed by atoms with Crippen LogP contribution in [-0.4, -0.2) is 76.7 Å². The predicted octanol–water partition coefficient (Wildman–Crippen LogP) is 2.21. The van der Waals surface area contributed by atoms with Crippen molar-refractivity contribution in [2.24, 2.45) is 5.92 Å². The Labute approximate surface area is 217 Å². The van der Waals surface area contributed by atoms with Gasteiger partial charge in [-0.3, -0.25) is 14.7 Å². The Morgan fingerprint density at radius 2 is 2.19 bits per heavy atom. The number of nitrogens with one attached hydrogen (secondary N) is 1. The molecule has 0 aliphatic carbocycles. The van der Waals surface area contributed by atoms with Crippen LogP contribution < -0.4 is 10.1 Å². The number of benzene rings is 1. The molecule has 1 fully saturated rings. The third-order valence-electron chi connectivity index (χ3n) is 7.25. The zero-order valence-electron chi connectivity index (χ0n) is 21.5. The van der Waals surface area contributed by atoms with Crippen LogP contribution in [0.25, 0.3) is 0 Å². The molecule has 1 atom stereocenters. The normalized spacial score (nSPS) is 17.2. The molecule has 1 saturated heterocycles. The van der Waals surface area contributed by atoms with E-state index in [0.717, 1.165) is 56.0 Å². The van der Waals surface area contributed by atoms with E-state index >= 15 is 0 Å². The third-order valence-corrected chi connectivity index (χ3v) is 7.25. The van der Waals surface area contributed by atoms with Crippen LogP contribution in [0.4, 0.5) is 0 Å². The third kappa shape index (κ3) is 6.36. The molecule has 1 aromatic carbocycles. The van der Waals surface area contributed by atoms with Gasteiger partial charge < -0.3 is 24.5 Å². The van der Waals surface area contributed by atoms with E-state index in [-0.39, 0.29) is 12.5 Å². The van der Waals surface area contributed by atoms with Crippen LogP contribution in [0.1, 0.15) is 38.5 Å². The molecule has 1 amide bonds. The number of carbonyl (C=O) groups is 1. The number of ether oxygens (including phenoxy) is 1. The zero-order chi connectivity index (χ0) is 25.8. The number of hydrogen-bond acceptors (Lipinski definition) is 8. The molecule has 9 nitrogen and oxygen atoms in total. The van der Waals surface area contributed by atoms with Gasteiger partial charge in [0.15, 0.2) is 12.2 Å². The minimum Gasteiger partial charge on any atom is -0.485 e. The average Bonchev–Trinajstić information content (AvgIpc) is 3.40. The Bertz CT molecular complexity index is 1210. The summed E-state index contributed by atoms with van der Waals surface area (Å²) in [6, 6.07) is 7.69. The van der Waals surface area contributed by atoms with E-state index in [9.17, 15) is 9.90 Å². The van der Waals surface area contributed by atoms with Crippen molar-refractivity contribution in [2.45, 2.75) is 39.0 Å². The standard InChI is InChI=1S/C28H35N5O4/c1-19-26-6-8-33(15-22(26)3-4-27(19)36-17-25-12-29-18-37-25)16-24(34)11-31-28(35)21-5-7-30-23(10-21)9-20-13-32(2)14-20/h3-5,7,10,12,18,20,24,34H,6,8-9,11,13-17H2,1-2H3,(H,31,35)/t24-/m0/s1. The van der Waals surface area contributed by atoms with Gasteiger partial charge in [0.05, 0.1) is 12.3 Å². The highest BCUT2D eigenvalue weighted by Gasteiger charge is 2.24. The number of β-amino-alcohol motifs (C(OH)–C–C–N with tert-alkyl or cyclic N) is 1. The number of aliphatic hydroxyl groups is 1. The predicted molar refractivity (Wildman–Crippen MR) is 138 cm³/mol. The first-order valence-corrected chi connectivity index (χ1v) is 12.9. The SMILES string of the molecule is Cc1c(OCc2cnco2)ccc2c1CCN(C[C@@H](O)CNC(=O)c1ccnc(CC3CN(C)C3)c1)C2. The van der Waals surface area contributed by atoms with Crippen LogP contribution >= 0.6 is 0 Å². The molecule has 196 valence electrons. The van der Waals surface area contributed by atoms with E-state index < -0.39 is 6.10 Å². The molecule has 0 radical (unpaired) electrons. The van der Waals surface area contributed by atoms with Gasteiger partial charge in [-0.05, 0) is 67.6 Å². The van der Waals surface area contributed by atoms with Gasteiger partial charge in [-0.15, -0.1) is 0 Å². The highest BCUT2D eigenvalue weighted by Crippen LogP contribution is 2.30. The summed E-state index contributed by atoms with van der Waals surface area (Å²) in [5.74, 6) is 1.97. The van der Waals surface area contributed by atoms with Crippen LogP contribution in [0.2, 0.25) is 0 Å². The number of pyridine rings is 1. The minimum atomic E-state index is -0.650. The lowest BCUT2D eigenvalue weighted by atomic mass is 9.94. The van der Waals surface area contributed by atoms with Crippen LogP contribution in [0, 0.1) is 12.8 Å². The Balaban J connectivity index is 1.09. The van der Waals surface area contributed by atoms with Crippen LogP contribution in [0.5, 0.6) is 5.75 Å². The summed E-state index contributed by atoms with van der Waals surface area (Å²) in [6.07, 6.45) is 5.87. The molecule has 0 bridgehead atoms. The van der Waals surface area contributed by atoms with Crippen molar-refractivity contribution in [1.29, 1.82) is 0 Å². The summed E-state index contributed by atoms with van der Waals surface area (Å²) in [5.41, 5.74) is 5.23. The maximum absolute atomic E-state index is 12.7. The summed E-state index contributed by atoms with van der Waals surface area (Å²) in [5, 5.41) is 13.5. The largest absolute Gasteiger partial charge is 0.485 e. The second-order valence-electron chi connectivity index (χ2n) is 10.3. The molecule has 3 aromatic rings. The van der Waals surface area contributed by atoms with E-state index in [1.54, 1.807) is 18.5 Å². The smallest absolute Gasteiger partial charge is 0.251 e. The van der Waals surface area contributed by atoms with Crippen molar-refractivity contribution in [3.63, 3.8) is 0 Å². The lowest BCUT2D eigenvalue weighted by Crippen LogP contribution is -2.44. The fourth-order valence-electron chi connectivity index (χ4n) is 5.31. The van der Waals surface area contributed by atoms with E-state index in [1.807, 2.05) is 12.1 Å². The first kappa shape index (κ1) is 25.4. The Hall–Kier alpha value is -3.27. The summed E-state index contributed by atoms with van der Waals surface area (Å²) in [7, 11) is 2.11. The molecule has 37 heavy (non-hydrogen) atoms. The molecule has 5 rings (SSSR count). The number of rotatable bonds is 10. The fraction of sp³-hybridized carbons (Fsp3) is 0.464. The van der Waals surface area contributed by atoms with Gasteiger partial charge in [0.25, 0.3) is 5.91 Å². The Kier molecular flexibility index (Phi) is 7.83. The molecule has 0 spiro atoms. The number of aromatic nitrogens is 2. The van der Waals surface area contributed by atoms with E-state index in [4.69, 9.17) is 9.15 Å². The molecular weight excluding hydrogens is 470 g/mol. The molecule has 2 N–H and O–H groups in total. The van der Waals surface area contributed by atoms with Crippen molar-refractivity contribution in [3.05, 3.63) is 76.8 Å². The van der Waals surface area contributed by atoms with Crippen molar-refractivity contribution in [3.8, 4) is 5.75 Å². The molecule has 2 aliphatic rings. The topological polar surface area (TPSA) is 104 Å². The first-order valence-electron chi connectivity index (χ1n) is 12.9. The maximum atomic E-state index is 12.7. The molecule has 2 aromatic heterocycles. The van der Waals surface area contributed by atoms with Gasteiger partial charge >= 0.3 is 0 Å². The zero-order valence-corrected chi connectivity index (χ0v) is 21.5. The molecule has 9 heteroatoms. The van der Waals surface area contributed by atoms with Gasteiger partial charge in [-0.25, -0.2) is 4.98 Å². The number of hydrogen-bond donors (Lipinski definition) is 2. The van der Waals surface area contributed by atoms with Crippen LogP contribution in [-0.2, 0) is 26.0 Å². The molecule has 0 unspecified atom stereocenters. The molecule has 0 saturated carbocycles. The highest BCUT2D eigenvalue weighted by atomic mass is 16.5.